The van der Waals surface area contributed by atoms with Crippen LogP contribution in [0.2, 0.25) is 0 Å². The molecule has 4 aliphatic rings. The van der Waals surface area contributed by atoms with Crippen LogP contribution >= 0.6 is 11.9 Å². The van der Waals surface area contributed by atoms with Crippen LogP contribution in [-0.4, -0.2) is 46.9 Å². The average molecular weight is 511 g/mol. The van der Waals surface area contributed by atoms with Crippen LogP contribution in [0.3, 0.4) is 0 Å². The molecular weight excluding hydrogens is 460 g/mol. The maximum absolute atomic E-state index is 11.9. The highest BCUT2D eigenvalue weighted by molar-refractivity contribution is 7.97. The number of rotatable bonds is 9. The van der Waals surface area contributed by atoms with Gasteiger partial charge in [-0.1, -0.05) is 27.2 Å². The van der Waals surface area contributed by atoms with Crippen LogP contribution < -0.4 is 10.5 Å². The molecule has 0 aromatic heterocycles. The molecule has 6 nitrogen and oxygen atoms in total. The molecule has 4 rings (SSSR count). The minimum Gasteiger partial charge on any atom is -0.449 e. The zero-order chi connectivity index (χ0) is 25.3. The van der Waals surface area contributed by atoms with Crippen LogP contribution in [0, 0.1) is 40.4 Å². The summed E-state index contributed by atoms with van der Waals surface area (Å²) in [6.45, 7) is 7.94. The van der Waals surface area contributed by atoms with E-state index >= 15 is 0 Å². The first kappa shape index (κ1) is 27.5. The zero-order valence-corrected chi connectivity index (χ0v) is 23.1. The average Bonchev–Trinajstić information content (AvgIpc) is 3.10. The van der Waals surface area contributed by atoms with Crippen molar-refractivity contribution >= 4 is 18.0 Å². The molecule has 0 bridgehead atoms. The summed E-state index contributed by atoms with van der Waals surface area (Å²) >= 11 is 1.28. The van der Waals surface area contributed by atoms with Crippen LogP contribution in [-0.2, 0) is 4.74 Å². The molecule has 0 heterocycles. The van der Waals surface area contributed by atoms with Crippen LogP contribution in [0.25, 0.3) is 0 Å². The molecule has 0 spiro atoms. The van der Waals surface area contributed by atoms with Crippen molar-refractivity contribution in [2.45, 2.75) is 109 Å². The lowest BCUT2D eigenvalue weighted by Crippen LogP contribution is -2.60. The van der Waals surface area contributed by atoms with E-state index in [1.54, 1.807) is 0 Å². The van der Waals surface area contributed by atoms with Gasteiger partial charge < -0.3 is 20.7 Å². The van der Waals surface area contributed by atoms with Gasteiger partial charge in [0.25, 0.3) is 0 Å². The van der Waals surface area contributed by atoms with Gasteiger partial charge in [-0.15, -0.1) is 0 Å². The van der Waals surface area contributed by atoms with Gasteiger partial charge in [-0.05, 0) is 123 Å². The van der Waals surface area contributed by atoms with Gasteiger partial charge in [0, 0.05) is 17.9 Å². The molecule has 0 aromatic carbocycles. The summed E-state index contributed by atoms with van der Waals surface area (Å²) in [5.74, 6) is 4.32. The smallest absolute Gasteiger partial charge is 0.417 e. The third-order valence-corrected chi connectivity index (χ3v) is 12.1. The molecule has 5 unspecified atom stereocenters. The first-order valence-electron chi connectivity index (χ1n) is 14.3. The van der Waals surface area contributed by atoms with Gasteiger partial charge in [0.15, 0.2) is 0 Å². The summed E-state index contributed by atoms with van der Waals surface area (Å²) in [5, 5.41) is 19.3. The van der Waals surface area contributed by atoms with Gasteiger partial charge in [0.1, 0.15) is 0 Å². The largest absolute Gasteiger partial charge is 0.449 e. The topological polar surface area (TPSA) is 105 Å². The van der Waals surface area contributed by atoms with E-state index in [1.165, 1.54) is 50.5 Å². The number of hydrogen-bond acceptors (Lipinski definition) is 6. The fourth-order valence-corrected chi connectivity index (χ4v) is 9.90. The lowest BCUT2D eigenvalue weighted by molar-refractivity contribution is -0.152. The van der Waals surface area contributed by atoms with Gasteiger partial charge in [-0.2, -0.15) is 0 Å². The second kappa shape index (κ2) is 11.1. The summed E-state index contributed by atoms with van der Waals surface area (Å²) in [7, 11) is 0. The maximum atomic E-state index is 11.9. The molecule has 4 saturated carbocycles. The van der Waals surface area contributed by atoms with Crippen molar-refractivity contribution in [3.05, 3.63) is 0 Å². The fraction of sp³-hybridized carbons (Fsp3) is 0.964. The number of amides is 1. The number of ether oxygens (including phenoxy) is 1. The minimum absolute atomic E-state index is 0.0980. The number of fused-ring (bicyclic) bond motifs is 5. The SMILES string of the molecule is CC[C@H]1CC2C3CC[C@](N)(CCCOC(=O)NSCCCO)C3(C)CC[C@@H]2C2(C)CC[C@@H](O)CC12. The summed E-state index contributed by atoms with van der Waals surface area (Å²) in [4.78, 5) is 11.9. The van der Waals surface area contributed by atoms with Crippen molar-refractivity contribution in [3.8, 4) is 0 Å². The number of nitrogens with one attached hydrogen (secondary N) is 1. The Balaban J connectivity index is 1.36. The molecule has 4 aliphatic carbocycles. The summed E-state index contributed by atoms with van der Waals surface area (Å²) in [6, 6.07) is 0. The van der Waals surface area contributed by atoms with Crippen molar-refractivity contribution in [2.24, 2.45) is 46.2 Å². The van der Waals surface area contributed by atoms with E-state index in [0.717, 1.165) is 49.9 Å². The third-order valence-electron chi connectivity index (χ3n) is 11.3. The van der Waals surface area contributed by atoms with Crippen molar-refractivity contribution in [3.63, 3.8) is 0 Å². The number of hydrogen-bond donors (Lipinski definition) is 4. The molecule has 0 radical (unpaired) electrons. The van der Waals surface area contributed by atoms with Crippen LogP contribution in [0.4, 0.5) is 4.79 Å². The van der Waals surface area contributed by atoms with Crippen LogP contribution in [0.5, 0.6) is 0 Å². The minimum atomic E-state index is -0.400. The van der Waals surface area contributed by atoms with Gasteiger partial charge in [0.05, 0.1) is 12.7 Å². The Morgan fingerprint density at radius 2 is 1.86 bits per heavy atom. The lowest BCUT2D eigenvalue weighted by atomic mass is 9.42. The number of nitrogens with two attached hydrogens (primary N) is 1. The summed E-state index contributed by atoms with van der Waals surface area (Å²) in [6.07, 6.45) is 12.4. The Labute approximate surface area is 217 Å². The second-order valence-corrected chi connectivity index (χ2v) is 13.6. The molecular formula is C28H50N2O4S. The number of aliphatic hydroxyl groups excluding tert-OH is 2. The Hall–Kier alpha value is -0.500. The predicted octanol–water partition coefficient (Wildman–Crippen LogP) is 5.26. The van der Waals surface area contributed by atoms with E-state index in [-0.39, 0.29) is 23.7 Å². The molecule has 4 fully saturated rings. The number of carbonyl (C=O) groups is 1. The Kier molecular flexibility index (Phi) is 8.72. The van der Waals surface area contributed by atoms with E-state index in [2.05, 4.69) is 25.5 Å². The quantitative estimate of drug-likeness (QED) is 0.249. The maximum Gasteiger partial charge on any atom is 0.417 e. The fourth-order valence-electron chi connectivity index (χ4n) is 9.34. The van der Waals surface area contributed by atoms with Crippen molar-refractivity contribution in [2.75, 3.05) is 19.0 Å². The van der Waals surface area contributed by atoms with Crippen molar-refractivity contribution in [1.82, 2.24) is 4.72 Å². The van der Waals surface area contributed by atoms with Crippen molar-refractivity contribution < 1.29 is 19.7 Å². The first-order valence-corrected chi connectivity index (χ1v) is 15.3. The molecule has 0 aliphatic heterocycles. The highest BCUT2D eigenvalue weighted by atomic mass is 32.2. The van der Waals surface area contributed by atoms with Crippen LogP contribution in [0.1, 0.15) is 97.8 Å². The monoisotopic (exact) mass is 510 g/mol. The van der Waals surface area contributed by atoms with Gasteiger partial charge in [-0.3, -0.25) is 4.72 Å². The highest BCUT2D eigenvalue weighted by Crippen LogP contribution is 2.69. The zero-order valence-electron chi connectivity index (χ0n) is 22.3. The Morgan fingerprint density at radius 1 is 1.09 bits per heavy atom. The lowest BCUT2D eigenvalue weighted by Gasteiger charge is -2.64. The highest BCUT2D eigenvalue weighted by Gasteiger charge is 2.64. The number of carbonyl (C=O) groups excluding carboxylic acids is 1. The normalized spacial score (nSPS) is 44.7. The van der Waals surface area contributed by atoms with Gasteiger partial charge in [0.2, 0.25) is 0 Å². The molecule has 202 valence electrons. The van der Waals surface area contributed by atoms with Crippen molar-refractivity contribution in [1.29, 1.82) is 0 Å². The van der Waals surface area contributed by atoms with E-state index in [4.69, 9.17) is 15.6 Å². The first-order chi connectivity index (χ1) is 16.7. The Morgan fingerprint density at radius 3 is 2.60 bits per heavy atom. The van der Waals surface area contributed by atoms with E-state index < -0.39 is 6.09 Å². The van der Waals surface area contributed by atoms with Crippen LogP contribution in [0.15, 0.2) is 0 Å². The third kappa shape index (κ3) is 5.13. The molecule has 9 atom stereocenters. The molecule has 0 saturated heterocycles. The van der Waals surface area contributed by atoms with Gasteiger partial charge >= 0.3 is 6.09 Å². The second-order valence-electron chi connectivity index (χ2n) is 12.7. The summed E-state index contributed by atoms with van der Waals surface area (Å²) < 4.78 is 8.06. The molecule has 35 heavy (non-hydrogen) atoms. The molecule has 7 heteroatoms. The number of aliphatic hydroxyl groups is 2. The Bertz CT molecular complexity index is 740. The standard InChI is InChI=1S/C28H50N2O4S/c1-4-19-17-21-22(26(2)11-7-20(32)18-24(19)26)8-12-27(3)23(21)9-13-28(27,29)10-5-15-34-25(33)30-35-16-6-14-31/h19-24,31-32H,4-18,29H2,1-3H3,(H,30,33)/t19-,20+,21?,22-,23?,24?,26?,27?,28+/m0/s1. The van der Waals surface area contributed by atoms with E-state index in [9.17, 15) is 9.90 Å². The van der Waals surface area contributed by atoms with E-state index in [0.29, 0.717) is 36.0 Å². The summed E-state index contributed by atoms with van der Waals surface area (Å²) in [5.41, 5.74) is 7.59. The molecule has 1 amide bonds. The molecule has 5 N–H and O–H groups in total. The van der Waals surface area contributed by atoms with Gasteiger partial charge in [-0.25, -0.2) is 4.79 Å². The van der Waals surface area contributed by atoms with E-state index in [1.807, 2.05) is 0 Å². The molecule has 0 aromatic rings. The predicted molar refractivity (Wildman–Crippen MR) is 142 cm³/mol.